The number of hydrogen-bond donors (Lipinski definition) is 2. The highest BCUT2D eigenvalue weighted by molar-refractivity contribution is 6.06. The molecule has 0 aliphatic heterocycles. The SMILES string of the molecule is C/C(=N/NC(=O)[C@@H]1C[C@H]1c1ccccc1)c1cccc(NC(=O)c2ccccc2C)c1. The number of rotatable bonds is 6. The Balaban J connectivity index is 1.38. The number of anilines is 1. The first-order valence-electron chi connectivity index (χ1n) is 10.4. The molecule has 156 valence electrons. The number of carbonyl (C=O) groups excluding carboxylic acids is 2. The molecule has 3 aromatic rings. The molecule has 3 aromatic carbocycles. The second-order valence-corrected chi connectivity index (χ2v) is 7.88. The van der Waals surface area contributed by atoms with Crippen molar-refractivity contribution in [3.63, 3.8) is 0 Å². The van der Waals surface area contributed by atoms with Crippen LogP contribution in [0.15, 0.2) is 84.0 Å². The van der Waals surface area contributed by atoms with Gasteiger partial charge in [0.2, 0.25) is 5.91 Å². The van der Waals surface area contributed by atoms with Crippen LogP contribution in [-0.4, -0.2) is 17.5 Å². The van der Waals surface area contributed by atoms with Gasteiger partial charge in [0.05, 0.1) is 5.71 Å². The van der Waals surface area contributed by atoms with Crippen LogP contribution in [0.5, 0.6) is 0 Å². The van der Waals surface area contributed by atoms with Gasteiger partial charge >= 0.3 is 0 Å². The second kappa shape index (κ2) is 8.96. The lowest BCUT2D eigenvalue weighted by Gasteiger charge is -2.09. The lowest BCUT2D eigenvalue weighted by molar-refractivity contribution is -0.122. The fourth-order valence-electron chi connectivity index (χ4n) is 3.69. The summed E-state index contributed by atoms with van der Waals surface area (Å²) in [5, 5.41) is 7.21. The molecule has 0 bridgehead atoms. The van der Waals surface area contributed by atoms with E-state index in [4.69, 9.17) is 0 Å². The predicted octanol–water partition coefficient (Wildman–Crippen LogP) is 4.89. The van der Waals surface area contributed by atoms with Crippen molar-refractivity contribution in [1.29, 1.82) is 0 Å². The zero-order chi connectivity index (χ0) is 21.8. The van der Waals surface area contributed by atoms with Crippen molar-refractivity contribution in [1.82, 2.24) is 5.43 Å². The molecule has 1 aliphatic carbocycles. The Bertz CT molecular complexity index is 1140. The summed E-state index contributed by atoms with van der Waals surface area (Å²) in [6, 6.07) is 25.0. The van der Waals surface area contributed by atoms with E-state index < -0.39 is 0 Å². The van der Waals surface area contributed by atoms with Crippen LogP contribution in [0.3, 0.4) is 0 Å². The Hall–Kier alpha value is -3.73. The van der Waals surface area contributed by atoms with Gasteiger partial charge in [-0.1, -0.05) is 60.7 Å². The number of amides is 2. The van der Waals surface area contributed by atoms with Crippen molar-refractivity contribution in [2.24, 2.45) is 11.0 Å². The Morgan fingerprint density at radius 1 is 0.935 bits per heavy atom. The van der Waals surface area contributed by atoms with Crippen LogP contribution in [0.4, 0.5) is 5.69 Å². The molecule has 0 spiro atoms. The van der Waals surface area contributed by atoms with Crippen LogP contribution in [0, 0.1) is 12.8 Å². The van der Waals surface area contributed by atoms with Crippen LogP contribution >= 0.6 is 0 Å². The maximum atomic E-state index is 12.6. The van der Waals surface area contributed by atoms with Crippen molar-refractivity contribution >= 4 is 23.2 Å². The minimum absolute atomic E-state index is 0.0290. The molecule has 2 atom stereocenters. The monoisotopic (exact) mass is 411 g/mol. The average Bonchev–Trinajstić information content (AvgIpc) is 3.59. The Morgan fingerprint density at radius 2 is 1.68 bits per heavy atom. The summed E-state index contributed by atoms with van der Waals surface area (Å²) in [5.74, 6) is 0.0337. The van der Waals surface area contributed by atoms with Crippen molar-refractivity contribution in [2.45, 2.75) is 26.2 Å². The standard InChI is InChI=1S/C26H25N3O2/c1-17-9-6-7-14-22(17)25(30)27-21-13-8-12-20(15-21)18(2)28-29-26(31)24-16-23(24)19-10-4-3-5-11-19/h3-15,23-24H,16H2,1-2H3,(H,27,30)(H,29,31)/b28-18-/t23-,24+/m0/s1. The van der Waals surface area contributed by atoms with E-state index in [1.54, 1.807) is 6.07 Å². The van der Waals surface area contributed by atoms with Crippen LogP contribution in [0.1, 0.15) is 46.3 Å². The summed E-state index contributed by atoms with van der Waals surface area (Å²) >= 11 is 0. The summed E-state index contributed by atoms with van der Waals surface area (Å²) in [6.07, 6.45) is 0.852. The highest BCUT2D eigenvalue weighted by atomic mass is 16.2. The molecule has 31 heavy (non-hydrogen) atoms. The normalized spacial score (nSPS) is 17.7. The van der Waals surface area contributed by atoms with Crippen LogP contribution in [-0.2, 0) is 4.79 Å². The minimum atomic E-state index is -0.154. The molecular weight excluding hydrogens is 386 g/mol. The van der Waals surface area contributed by atoms with Gasteiger partial charge in [-0.25, -0.2) is 5.43 Å². The topological polar surface area (TPSA) is 70.6 Å². The number of nitrogens with zero attached hydrogens (tertiary/aromatic N) is 1. The molecule has 5 nitrogen and oxygen atoms in total. The van der Waals surface area contributed by atoms with E-state index in [1.165, 1.54) is 5.56 Å². The minimum Gasteiger partial charge on any atom is -0.322 e. The van der Waals surface area contributed by atoms with Crippen molar-refractivity contribution in [3.05, 3.63) is 101 Å². The van der Waals surface area contributed by atoms with Gasteiger partial charge in [-0.2, -0.15) is 5.10 Å². The molecular formula is C26H25N3O2. The van der Waals surface area contributed by atoms with Gasteiger partial charge < -0.3 is 5.32 Å². The van der Waals surface area contributed by atoms with Crippen LogP contribution < -0.4 is 10.7 Å². The first-order valence-corrected chi connectivity index (χ1v) is 10.4. The van der Waals surface area contributed by atoms with Gasteiger partial charge in [-0.05, 0) is 61.1 Å². The zero-order valence-corrected chi connectivity index (χ0v) is 17.6. The molecule has 0 aromatic heterocycles. The van der Waals surface area contributed by atoms with E-state index in [0.29, 0.717) is 17.0 Å². The number of hydrogen-bond acceptors (Lipinski definition) is 3. The molecule has 0 unspecified atom stereocenters. The number of nitrogens with one attached hydrogen (secondary N) is 2. The molecule has 2 N–H and O–H groups in total. The van der Waals surface area contributed by atoms with Crippen molar-refractivity contribution in [2.75, 3.05) is 5.32 Å². The van der Waals surface area contributed by atoms with E-state index in [1.807, 2.05) is 74.5 Å². The number of carbonyl (C=O) groups is 2. The maximum Gasteiger partial charge on any atom is 0.255 e. The largest absolute Gasteiger partial charge is 0.322 e. The van der Waals surface area contributed by atoms with E-state index >= 15 is 0 Å². The van der Waals surface area contributed by atoms with E-state index in [-0.39, 0.29) is 23.7 Å². The highest BCUT2D eigenvalue weighted by Gasteiger charge is 2.43. The number of aryl methyl sites for hydroxylation is 1. The van der Waals surface area contributed by atoms with Crippen LogP contribution in [0.25, 0.3) is 0 Å². The number of benzene rings is 3. The molecule has 0 radical (unpaired) electrons. The molecule has 0 heterocycles. The predicted molar refractivity (Wildman–Crippen MR) is 123 cm³/mol. The first kappa shape index (κ1) is 20.5. The Morgan fingerprint density at radius 3 is 2.45 bits per heavy atom. The third-order valence-corrected chi connectivity index (χ3v) is 5.62. The fourth-order valence-corrected chi connectivity index (χ4v) is 3.69. The summed E-state index contributed by atoms with van der Waals surface area (Å²) < 4.78 is 0. The molecule has 1 aliphatic rings. The third kappa shape index (κ3) is 4.89. The second-order valence-electron chi connectivity index (χ2n) is 7.88. The summed E-state index contributed by atoms with van der Waals surface area (Å²) in [5.41, 5.74) is 7.64. The van der Waals surface area contributed by atoms with Gasteiger partial charge in [0, 0.05) is 17.2 Å². The van der Waals surface area contributed by atoms with Crippen LogP contribution in [0.2, 0.25) is 0 Å². The summed E-state index contributed by atoms with van der Waals surface area (Å²) in [7, 11) is 0. The van der Waals surface area contributed by atoms with Gasteiger partial charge in [-0.15, -0.1) is 0 Å². The van der Waals surface area contributed by atoms with Gasteiger partial charge in [0.25, 0.3) is 5.91 Å². The molecule has 4 rings (SSSR count). The van der Waals surface area contributed by atoms with E-state index in [0.717, 1.165) is 17.5 Å². The van der Waals surface area contributed by atoms with Crippen molar-refractivity contribution < 1.29 is 9.59 Å². The third-order valence-electron chi connectivity index (χ3n) is 5.62. The van der Waals surface area contributed by atoms with E-state index in [9.17, 15) is 9.59 Å². The lowest BCUT2D eigenvalue weighted by Crippen LogP contribution is -2.21. The van der Waals surface area contributed by atoms with Crippen molar-refractivity contribution in [3.8, 4) is 0 Å². The smallest absolute Gasteiger partial charge is 0.255 e. The highest BCUT2D eigenvalue weighted by Crippen LogP contribution is 2.47. The van der Waals surface area contributed by atoms with Gasteiger partial charge in [0.1, 0.15) is 0 Å². The first-order chi connectivity index (χ1) is 15.0. The number of hydrazone groups is 1. The fraction of sp³-hybridized carbons (Fsp3) is 0.192. The quantitative estimate of drug-likeness (QED) is 0.448. The zero-order valence-electron chi connectivity index (χ0n) is 17.6. The summed E-state index contributed by atoms with van der Waals surface area (Å²) in [4.78, 5) is 25.0. The Labute approximate surface area is 182 Å². The van der Waals surface area contributed by atoms with Gasteiger partial charge in [-0.3, -0.25) is 9.59 Å². The lowest BCUT2D eigenvalue weighted by atomic mass is 10.1. The summed E-state index contributed by atoms with van der Waals surface area (Å²) in [6.45, 7) is 3.75. The maximum absolute atomic E-state index is 12.6. The molecule has 1 saturated carbocycles. The average molecular weight is 412 g/mol. The molecule has 5 heteroatoms. The van der Waals surface area contributed by atoms with Gasteiger partial charge in [0.15, 0.2) is 0 Å². The Kier molecular flexibility index (Phi) is 5.94. The molecule has 0 saturated heterocycles. The molecule has 1 fully saturated rings. The van der Waals surface area contributed by atoms with E-state index in [2.05, 4.69) is 28.0 Å². The molecule has 2 amide bonds.